The highest BCUT2D eigenvalue weighted by Gasteiger charge is 2.24. The Labute approximate surface area is 226 Å². The molecule has 0 spiro atoms. The van der Waals surface area contributed by atoms with Crippen LogP contribution in [-0.2, 0) is 0 Å². The van der Waals surface area contributed by atoms with Crippen LogP contribution in [-0.4, -0.2) is 34.0 Å². The number of thiocarbonyl (C=S) groups is 1. The number of carbonyl (C=O) groups excluding carboxylic acids is 1. The third kappa shape index (κ3) is 5.36. The molecule has 0 unspecified atom stereocenters. The number of anilines is 2. The monoisotopic (exact) mass is 555 g/mol. The number of oxazole rings is 1. The summed E-state index contributed by atoms with van der Waals surface area (Å²) in [6.45, 7) is 1.51. The van der Waals surface area contributed by atoms with Gasteiger partial charge in [-0.2, -0.15) is 0 Å². The van der Waals surface area contributed by atoms with Gasteiger partial charge in [-0.15, -0.1) is 0 Å². The van der Waals surface area contributed by atoms with E-state index >= 15 is 0 Å². The molecule has 1 aliphatic rings. The number of halogens is 2. The molecule has 1 fully saturated rings. The molecule has 37 heavy (non-hydrogen) atoms. The Morgan fingerprint density at radius 1 is 1.08 bits per heavy atom. The van der Waals surface area contributed by atoms with Crippen LogP contribution in [0.15, 0.2) is 59.0 Å². The number of nitrogens with one attached hydrogen (secondary N) is 2. The van der Waals surface area contributed by atoms with Crippen LogP contribution in [0.2, 0.25) is 10.0 Å². The van der Waals surface area contributed by atoms with Crippen molar-refractivity contribution in [1.29, 1.82) is 0 Å². The smallest absolute Gasteiger partial charge is 0.293 e. The molecule has 9 nitrogen and oxygen atoms in total. The van der Waals surface area contributed by atoms with E-state index in [1.807, 2.05) is 4.90 Å². The van der Waals surface area contributed by atoms with Gasteiger partial charge in [0.15, 0.2) is 10.7 Å². The lowest BCUT2D eigenvalue weighted by atomic mass is 10.1. The van der Waals surface area contributed by atoms with E-state index in [-0.39, 0.29) is 16.4 Å². The van der Waals surface area contributed by atoms with Crippen LogP contribution in [0, 0.1) is 10.1 Å². The molecule has 1 aromatic heterocycles. The molecule has 2 heterocycles. The van der Waals surface area contributed by atoms with E-state index in [9.17, 15) is 14.9 Å². The number of fused-ring (bicyclic) bond motifs is 1. The number of hydrogen-bond donors (Lipinski definition) is 2. The zero-order valence-electron chi connectivity index (χ0n) is 19.2. The number of benzene rings is 3. The minimum atomic E-state index is -0.561. The van der Waals surface area contributed by atoms with E-state index < -0.39 is 10.8 Å². The van der Waals surface area contributed by atoms with Crippen molar-refractivity contribution in [2.45, 2.75) is 12.8 Å². The van der Waals surface area contributed by atoms with Gasteiger partial charge >= 0.3 is 0 Å². The summed E-state index contributed by atoms with van der Waals surface area (Å²) in [5.74, 6) is -0.247. The molecule has 0 saturated carbocycles. The van der Waals surface area contributed by atoms with Crippen LogP contribution in [0.5, 0.6) is 0 Å². The summed E-state index contributed by atoms with van der Waals surface area (Å²) in [6, 6.07) is 14.6. The Kier molecular flexibility index (Phi) is 6.96. The van der Waals surface area contributed by atoms with Crippen molar-refractivity contribution >= 4 is 74.6 Å². The molecular formula is C25H19Cl2N5O4S. The lowest BCUT2D eigenvalue weighted by Gasteiger charge is -2.18. The number of amides is 1. The molecule has 4 aromatic rings. The van der Waals surface area contributed by atoms with E-state index in [4.69, 9.17) is 39.8 Å². The Hall–Kier alpha value is -3.73. The first-order valence-electron chi connectivity index (χ1n) is 11.3. The average molecular weight is 556 g/mol. The van der Waals surface area contributed by atoms with Crippen molar-refractivity contribution < 1.29 is 14.1 Å². The standard InChI is InChI=1S/C25H19Cl2N5O4S/c26-15-4-6-18(27)17(12-15)24-29-19-13-16(5-8-22(19)36-24)28-25(37)30-23(33)14-3-7-20(21(11-14)32(34)35)31-9-1-2-10-31/h3-8,11-13H,1-2,9-10H2,(H2,28,30,33,37). The number of hydrogen-bond acceptors (Lipinski definition) is 7. The van der Waals surface area contributed by atoms with Gasteiger partial charge in [-0.05, 0) is 73.6 Å². The van der Waals surface area contributed by atoms with Crippen LogP contribution in [0.1, 0.15) is 23.2 Å². The van der Waals surface area contributed by atoms with Gasteiger partial charge in [-0.1, -0.05) is 23.2 Å². The molecular weight excluding hydrogens is 537 g/mol. The minimum Gasteiger partial charge on any atom is -0.436 e. The molecule has 5 rings (SSSR count). The van der Waals surface area contributed by atoms with E-state index in [1.165, 1.54) is 6.07 Å². The van der Waals surface area contributed by atoms with Gasteiger partial charge in [0.1, 0.15) is 11.2 Å². The summed E-state index contributed by atoms with van der Waals surface area (Å²) in [5, 5.41) is 18.1. The van der Waals surface area contributed by atoms with Gasteiger partial charge in [0.05, 0.1) is 15.5 Å². The maximum atomic E-state index is 12.8. The SMILES string of the molecule is O=C(NC(=S)Nc1ccc2oc(-c3cc(Cl)ccc3Cl)nc2c1)c1ccc(N2CCCC2)c([N+](=O)[O-])c1. The molecule has 1 aliphatic heterocycles. The minimum absolute atomic E-state index is 0.0252. The van der Waals surface area contributed by atoms with Crippen LogP contribution < -0.4 is 15.5 Å². The second-order valence-corrected chi connectivity index (χ2v) is 9.64. The van der Waals surface area contributed by atoms with Gasteiger partial charge in [0, 0.05) is 35.4 Å². The van der Waals surface area contributed by atoms with Crippen LogP contribution in [0.4, 0.5) is 17.1 Å². The van der Waals surface area contributed by atoms with E-state index in [0.717, 1.165) is 25.9 Å². The number of carbonyl (C=O) groups is 1. The van der Waals surface area contributed by atoms with E-state index in [0.29, 0.717) is 44.0 Å². The zero-order chi connectivity index (χ0) is 26.1. The van der Waals surface area contributed by atoms with E-state index in [1.54, 1.807) is 48.5 Å². The Morgan fingerprint density at radius 2 is 1.86 bits per heavy atom. The molecule has 2 N–H and O–H groups in total. The quantitative estimate of drug-likeness (QED) is 0.164. The number of aromatic nitrogens is 1. The lowest BCUT2D eigenvalue weighted by molar-refractivity contribution is -0.384. The summed E-state index contributed by atoms with van der Waals surface area (Å²) in [4.78, 5) is 30.4. The highest BCUT2D eigenvalue weighted by molar-refractivity contribution is 7.80. The molecule has 0 bridgehead atoms. The predicted octanol–water partition coefficient (Wildman–Crippen LogP) is 6.44. The van der Waals surface area contributed by atoms with Crippen LogP contribution in [0.25, 0.3) is 22.6 Å². The van der Waals surface area contributed by atoms with Gasteiger partial charge in [-0.3, -0.25) is 20.2 Å². The van der Waals surface area contributed by atoms with Crippen molar-refractivity contribution in [1.82, 2.24) is 10.3 Å². The van der Waals surface area contributed by atoms with Gasteiger partial charge in [-0.25, -0.2) is 4.98 Å². The Balaban J connectivity index is 1.30. The first-order chi connectivity index (χ1) is 17.8. The first kappa shape index (κ1) is 24.9. The predicted molar refractivity (Wildman–Crippen MR) is 148 cm³/mol. The molecule has 0 radical (unpaired) electrons. The number of rotatable bonds is 5. The first-order valence-corrected chi connectivity index (χ1v) is 12.5. The van der Waals surface area contributed by atoms with Crippen molar-refractivity contribution in [3.8, 4) is 11.5 Å². The second-order valence-electron chi connectivity index (χ2n) is 8.39. The van der Waals surface area contributed by atoms with Crippen molar-refractivity contribution in [3.63, 3.8) is 0 Å². The highest BCUT2D eigenvalue weighted by atomic mass is 35.5. The van der Waals surface area contributed by atoms with Crippen molar-refractivity contribution in [2.75, 3.05) is 23.3 Å². The van der Waals surface area contributed by atoms with Crippen LogP contribution >= 0.6 is 35.4 Å². The second kappa shape index (κ2) is 10.3. The summed E-state index contributed by atoms with van der Waals surface area (Å²) in [7, 11) is 0. The normalized spacial score (nSPS) is 13.1. The molecule has 0 aliphatic carbocycles. The summed E-state index contributed by atoms with van der Waals surface area (Å²) in [5.41, 5.74) is 2.72. The maximum Gasteiger partial charge on any atom is 0.293 e. The number of nitro groups is 1. The zero-order valence-corrected chi connectivity index (χ0v) is 21.5. The molecule has 188 valence electrons. The summed E-state index contributed by atoms with van der Waals surface area (Å²) < 4.78 is 5.81. The fraction of sp³-hybridized carbons (Fsp3) is 0.160. The number of nitro benzene ring substituents is 1. The Morgan fingerprint density at radius 3 is 2.62 bits per heavy atom. The maximum absolute atomic E-state index is 12.8. The molecule has 3 aromatic carbocycles. The van der Waals surface area contributed by atoms with Crippen molar-refractivity contribution in [3.05, 3.63) is 80.3 Å². The third-order valence-corrected chi connectivity index (χ3v) is 6.68. The molecule has 0 atom stereocenters. The van der Waals surface area contributed by atoms with Crippen molar-refractivity contribution in [2.24, 2.45) is 0 Å². The molecule has 12 heteroatoms. The summed E-state index contributed by atoms with van der Waals surface area (Å²) in [6.07, 6.45) is 1.96. The lowest BCUT2D eigenvalue weighted by Crippen LogP contribution is -2.34. The van der Waals surface area contributed by atoms with Crippen LogP contribution in [0.3, 0.4) is 0 Å². The fourth-order valence-electron chi connectivity index (χ4n) is 4.16. The third-order valence-electron chi connectivity index (χ3n) is 5.91. The average Bonchev–Trinajstić information content (AvgIpc) is 3.55. The van der Waals surface area contributed by atoms with Gasteiger partial charge in [0.2, 0.25) is 5.89 Å². The molecule has 1 amide bonds. The topological polar surface area (TPSA) is 114 Å². The fourth-order valence-corrected chi connectivity index (χ4v) is 4.74. The van der Waals surface area contributed by atoms with Gasteiger partial charge in [0.25, 0.3) is 11.6 Å². The number of nitrogens with zero attached hydrogens (tertiary/aromatic N) is 3. The molecule has 1 saturated heterocycles. The van der Waals surface area contributed by atoms with E-state index in [2.05, 4.69) is 15.6 Å². The Bertz CT molecular complexity index is 1550. The largest absolute Gasteiger partial charge is 0.436 e. The van der Waals surface area contributed by atoms with Gasteiger partial charge < -0.3 is 14.6 Å². The summed E-state index contributed by atoms with van der Waals surface area (Å²) >= 11 is 17.6. The highest BCUT2D eigenvalue weighted by Crippen LogP contribution is 2.33.